The highest BCUT2D eigenvalue weighted by Crippen LogP contribution is 2.21. The second-order valence-electron chi connectivity index (χ2n) is 6.51. The lowest BCUT2D eigenvalue weighted by atomic mass is 10.1. The first kappa shape index (κ1) is 18.2. The van der Waals surface area contributed by atoms with E-state index in [0.717, 1.165) is 36.5 Å². The number of halogens is 1. The predicted octanol–water partition coefficient (Wildman–Crippen LogP) is 3.50. The molecule has 1 aliphatic rings. The zero-order chi connectivity index (χ0) is 18.5. The van der Waals surface area contributed by atoms with Crippen molar-refractivity contribution < 1.29 is 13.9 Å². The van der Waals surface area contributed by atoms with Gasteiger partial charge in [0, 0.05) is 31.9 Å². The topological polar surface area (TPSA) is 32.8 Å². The quantitative estimate of drug-likeness (QED) is 0.822. The smallest absolute Gasteiger partial charge is 0.263 e. The fourth-order valence-corrected chi connectivity index (χ4v) is 3.25. The fraction of sp³-hybridized carbons (Fsp3) is 0.381. The molecule has 0 bridgehead atoms. The summed E-state index contributed by atoms with van der Waals surface area (Å²) < 4.78 is 19.0. The van der Waals surface area contributed by atoms with Gasteiger partial charge in [-0.3, -0.25) is 4.79 Å². The Bertz CT molecular complexity index is 740. The highest BCUT2D eigenvalue weighted by molar-refractivity contribution is 5.81. The van der Waals surface area contributed by atoms with E-state index in [1.807, 2.05) is 29.2 Å². The average molecular weight is 356 g/mol. The number of carbonyl (C=O) groups excluding carboxylic acids is 1. The first-order chi connectivity index (χ1) is 12.6. The molecular formula is C21H25FN2O2. The number of hydrogen-bond donors (Lipinski definition) is 0. The zero-order valence-electron chi connectivity index (χ0n) is 15.3. The van der Waals surface area contributed by atoms with Gasteiger partial charge in [0.15, 0.2) is 6.10 Å². The van der Waals surface area contributed by atoms with E-state index >= 15 is 0 Å². The number of ether oxygens (including phenoxy) is 1. The van der Waals surface area contributed by atoms with Gasteiger partial charge in [0.05, 0.1) is 0 Å². The molecule has 0 spiro atoms. The third-order valence-electron chi connectivity index (χ3n) is 4.79. The average Bonchev–Trinajstić information content (AvgIpc) is 2.68. The predicted molar refractivity (Wildman–Crippen MR) is 101 cm³/mol. The van der Waals surface area contributed by atoms with Gasteiger partial charge in [0.25, 0.3) is 5.91 Å². The summed E-state index contributed by atoms with van der Waals surface area (Å²) in [5, 5.41) is 0. The monoisotopic (exact) mass is 356 g/mol. The van der Waals surface area contributed by atoms with Crippen molar-refractivity contribution >= 4 is 11.6 Å². The lowest BCUT2D eigenvalue weighted by Crippen LogP contribution is -2.52. The van der Waals surface area contributed by atoms with E-state index in [1.165, 1.54) is 12.1 Å². The molecule has 0 aromatic heterocycles. The van der Waals surface area contributed by atoms with Gasteiger partial charge in [-0.15, -0.1) is 0 Å². The lowest BCUT2D eigenvalue weighted by molar-refractivity contribution is -0.138. The minimum Gasteiger partial charge on any atom is -0.481 e. The number of amides is 1. The molecule has 1 aliphatic heterocycles. The number of carbonyl (C=O) groups is 1. The van der Waals surface area contributed by atoms with E-state index in [0.29, 0.717) is 13.1 Å². The molecule has 0 aliphatic carbocycles. The second-order valence-corrected chi connectivity index (χ2v) is 6.51. The van der Waals surface area contributed by atoms with E-state index in [4.69, 9.17) is 4.74 Å². The number of anilines is 1. The van der Waals surface area contributed by atoms with Gasteiger partial charge >= 0.3 is 0 Å². The van der Waals surface area contributed by atoms with Crippen LogP contribution in [0.4, 0.5) is 10.1 Å². The number of nitrogens with zero attached hydrogens (tertiary/aromatic N) is 2. The van der Waals surface area contributed by atoms with Crippen LogP contribution in [-0.4, -0.2) is 43.1 Å². The molecule has 0 radical (unpaired) electrons. The Labute approximate surface area is 154 Å². The molecule has 1 atom stereocenters. The molecule has 2 aromatic rings. The van der Waals surface area contributed by atoms with Crippen molar-refractivity contribution in [1.29, 1.82) is 0 Å². The molecule has 1 fully saturated rings. The van der Waals surface area contributed by atoms with E-state index in [2.05, 4.69) is 11.8 Å². The van der Waals surface area contributed by atoms with E-state index in [-0.39, 0.29) is 11.7 Å². The summed E-state index contributed by atoms with van der Waals surface area (Å²) in [7, 11) is 0. The maximum Gasteiger partial charge on any atom is 0.263 e. The van der Waals surface area contributed by atoms with Crippen LogP contribution in [0.3, 0.4) is 0 Å². The SMILES string of the molecule is CCc1ccccc1OC(C)C(=O)N1CCN(c2ccc(F)cc2)CC1. The molecule has 5 heteroatoms. The van der Waals surface area contributed by atoms with Crippen molar-refractivity contribution in [3.05, 3.63) is 59.9 Å². The Balaban J connectivity index is 1.56. The molecule has 138 valence electrons. The van der Waals surface area contributed by atoms with Crippen LogP contribution in [0.5, 0.6) is 5.75 Å². The largest absolute Gasteiger partial charge is 0.481 e. The van der Waals surface area contributed by atoms with Crippen LogP contribution in [0.25, 0.3) is 0 Å². The van der Waals surface area contributed by atoms with Crippen LogP contribution in [0.1, 0.15) is 19.4 Å². The van der Waals surface area contributed by atoms with Crippen molar-refractivity contribution in [3.8, 4) is 5.75 Å². The molecule has 0 saturated carbocycles. The van der Waals surface area contributed by atoms with Crippen molar-refractivity contribution in [2.24, 2.45) is 0 Å². The minimum absolute atomic E-state index is 0.00895. The standard InChI is InChI=1S/C21H25FN2O2/c1-3-17-6-4-5-7-20(17)26-16(2)21(25)24-14-12-23(13-15-24)19-10-8-18(22)9-11-19/h4-11,16H,3,12-15H2,1-2H3. The van der Waals surface area contributed by atoms with Gasteiger partial charge in [0.2, 0.25) is 0 Å². The van der Waals surface area contributed by atoms with Gasteiger partial charge in [-0.2, -0.15) is 0 Å². The highest BCUT2D eigenvalue weighted by Gasteiger charge is 2.26. The molecule has 1 saturated heterocycles. The van der Waals surface area contributed by atoms with Gasteiger partial charge in [-0.25, -0.2) is 4.39 Å². The van der Waals surface area contributed by atoms with Crippen LogP contribution >= 0.6 is 0 Å². The van der Waals surface area contributed by atoms with Crippen molar-refractivity contribution in [3.63, 3.8) is 0 Å². The van der Waals surface area contributed by atoms with Crippen molar-refractivity contribution in [2.45, 2.75) is 26.4 Å². The van der Waals surface area contributed by atoms with Crippen LogP contribution < -0.4 is 9.64 Å². The number of hydrogen-bond acceptors (Lipinski definition) is 3. The summed E-state index contributed by atoms with van der Waals surface area (Å²) in [4.78, 5) is 16.7. The van der Waals surface area contributed by atoms with Gasteiger partial charge in [-0.1, -0.05) is 25.1 Å². The van der Waals surface area contributed by atoms with Crippen molar-refractivity contribution in [1.82, 2.24) is 4.90 Å². The van der Waals surface area contributed by atoms with Crippen LogP contribution in [-0.2, 0) is 11.2 Å². The van der Waals surface area contributed by atoms with Gasteiger partial charge in [0.1, 0.15) is 11.6 Å². The minimum atomic E-state index is -0.514. The molecule has 1 unspecified atom stereocenters. The van der Waals surface area contributed by atoms with Crippen LogP contribution in [0, 0.1) is 5.82 Å². The third kappa shape index (κ3) is 4.15. The Hall–Kier alpha value is -2.56. The third-order valence-corrected chi connectivity index (χ3v) is 4.79. The molecule has 1 heterocycles. The second kappa shape index (κ2) is 8.21. The number of para-hydroxylation sites is 1. The number of aryl methyl sites for hydroxylation is 1. The Kier molecular flexibility index (Phi) is 5.76. The van der Waals surface area contributed by atoms with Crippen molar-refractivity contribution in [2.75, 3.05) is 31.1 Å². The van der Waals surface area contributed by atoms with Gasteiger partial charge < -0.3 is 14.5 Å². The highest BCUT2D eigenvalue weighted by atomic mass is 19.1. The molecular weight excluding hydrogens is 331 g/mol. The molecule has 4 nitrogen and oxygen atoms in total. The fourth-order valence-electron chi connectivity index (χ4n) is 3.25. The Morgan fingerprint density at radius 2 is 1.73 bits per heavy atom. The Morgan fingerprint density at radius 3 is 2.38 bits per heavy atom. The number of piperazine rings is 1. The van der Waals surface area contributed by atoms with Crippen LogP contribution in [0.15, 0.2) is 48.5 Å². The number of benzene rings is 2. The summed E-state index contributed by atoms with van der Waals surface area (Å²) in [6.45, 7) is 6.62. The van der Waals surface area contributed by atoms with E-state index in [1.54, 1.807) is 19.1 Å². The molecule has 26 heavy (non-hydrogen) atoms. The Morgan fingerprint density at radius 1 is 1.08 bits per heavy atom. The summed E-state index contributed by atoms with van der Waals surface area (Å²) in [5.74, 6) is 0.552. The van der Waals surface area contributed by atoms with E-state index in [9.17, 15) is 9.18 Å². The van der Waals surface area contributed by atoms with Crippen LogP contribution in [0.2, 0.25) is 0 Å². The zero-order valence-corrected chi connectivity index (χ0v) is 15.3. The molecule has 0 N–H and O–H groups in total. The lowest BCUT2D eigenvalue weighted by Gasteiger charge is -2.37. The summed E-state index contributed by atoms with van der Waals surface area (Å²) >= 11 is 0. The normalized spacial score (nSPS) is 15.7. The molecule has 3 rings (SSSR count). The first-order valence-corrected chi connectivity index (χ1v) is 9.12. The summed E-state index contributed by atoms with van der Waals surface area (Å²) in [6, 6.07) is 14.3. The summed E-state index contributed by atoms with van der Waals surface area (Å²) in [6.07, 6.45) is 0.355. The van der Waals surface area contributed by atoms with Gasteiger partial charge in [-0.05, 0) is 49.2 Å². The summed E-state index contributed by atoms with van der Waals surface area (Å²) in [5.41, 5.74) is 2.09. The number of rotatable bonds is 5. The molecule has 1 amide bonds. The first-order valence-electron chi connectivity index (χ1n) is 9.12. The maximum atomic E-state index is 13.1. The maximum absolute atomic E-state index is 13.1. The molecule has 2 aromatic carbocycles. The van der Waals surface area contributed by atoms with E-state index < -0.39 is 6.10 Å².